The molecule has 0 aliphatic carbocycles. The Morgan fingerprint density at radius 2 is 1.55 bits per heavy atom. The van der Waals surface area contributed by atoms with Gasteiger partial charge in [0, 0.05) is 11.1 Å². The van der Waals surface area contributed by atoms with E-state index in [2.05, 4.69) is 0 Å². The van der Waals surface area contributed by atoms with Crippen molar-refractivity contribution in [2.75, 3.05) is 0 Å². The molecule has 1 aromatic carbocycles. The van der Waals surface area contributed by atoms with E-state index in [1.165, 1.54) is 12.1 Å². The maximum atomic E-state index is 11.6. The van der Waals surface area contributed by atoms with Crippen LogP contribution < -0.4 is 17.1 Å². The third-order valence-corrected chi connectivity index (χ3v) is 3.26. The summed E-state index contributed by atoms with van der Waals surface area (Å²) in [4.78, 5) is 38.1. The maximum absolute atomic E-state index is 11.6. The van der Waals surface area contributed by atoms with E-state index in [1.807, 2.05) is 30.7 Å². The molecule has 0 radical (unpaired) electrons. The molecule has 118 valence electrons. The van der Waals surface area contributed by atoms with Crippen molar-refractivity contribution in [3.63, 3.8) is 0 Å². The van der Waals surface area contributed by atoms with Gasteiger partial charge < -0.3 is 10.2 Å². The number of nitrogens with zero attached hydrogens (tertiary/aromatic N) is 1. The molecule has 0 fully saturated rings. The Morgan fingerprint density at radius 1 is 1.00 bits per heavy atom. The number of aromatic amines is 2. The van der Waals surface area contributed by atoms with Crippen LogP contribution in [-0.2, 0) is 12.0 Å². The number of phenolic OH excluding ortho intramolecular Hbond substituents is 2. The molecule has 0 saturated heterocycles. The molecule has 0 unspecified atom stereocenters. The van der Waals surface area contributed by atoms with Gasteiger partial charge in [-0.25, -0.2) is 19.0 Å². The van der Waals surface area contributed by atoms with Gasteiger partial charge >= 0.3 is 17.1 Å². The third kappa shape index (κ3) is 2.95. The molecule has 1 aromatic heterocycles. The van der Waals surface area contributed by atoms with Crippen LogP contribution in [0.2, 0.25) is 0 Å². The summed E-state index contributed by atoms with van der Waals surface area (Å²) in [5.41, 5.74) is -2.35. The van der Waals surface area contributed by atoms with Gasteiger partial charge in [-0.05, 0) is 17.5 Å². The molecule has 0 amide bonds. The summed E-state index contributed by atoms with van der Waals surface area (Å²) in [6, 6.07) is 2.70. The minimum Gasteiger partial charge on any atom is -0.508 e. The summed E-state index contributed by atoms with van der Waals surface area (Å²) < 4.78 is 0.715. The fraction of sp³-hybridized carbons (Fsp3) is 0.357. The SMILES string of the molecule is CC(C)(C)c1cc(O)c(Cn2c(=O)[nH]c(=O)[nH]c2=O)cc1O. The molecule has 0 saturated carbocycles. The van der Waals surface area contributed by atoms with E-state index in [1.54, 1.807) is 0 Å². The molecule has 8 nitrogen and oxygen atoms in total. The Hall–Kier alpha value is -2.77. The maximum Gasteiger partial charge on any atom is 0.333 e. The number of hydrogen-bond donors (Lipinski definition) is 4. The molecule has 0 aliphatic heterocycles. The van der Waals surface area contributed by atoms with Gasteiger partial charge in [0.1, 0.15) is 11.5 Å². The smallest absolute Gasteiger partial charge is 0.333 e. The zero-order valence-electron chi connectivity index (χ0n) is 12.4. The van der Waals surface area contributed by atoms with Crippen LogP contribution in [0.1, 0.15) is 31.9 Å². The second-order valence-corrected chi connectivity index (χ2v) is 6.02. The highest BCUT2D eigenvalue weighted by atomic mass is 16.3. The summed E-state index contributed by atoms with van der Waals surface area (Å²) in [5, 5.41) is 20.1. The van der Waals surface area contributed by atoms with E-state index in [4.69, 9.17) is 0 Å². The lowest BCUT2D eigenvalue weighted by Gasteiger charge is -2.21. The first kappa shape index (κ1) is 15.6. The van der Waals surface area contributed by atoms with E-state index >= 15 is 0 Å². The first-order chi connectivity index (χ1) is 10.1. The van der Waals surface area contributed by atoms with Gasteiger partial charge in [0.25, 0.3) is 0 Å². The van der Waals surface area contributed by atoms with Crippen LogP contribution in [0.25, 0.3) is 0 Å². The van der Waals surface area contributed by atoms with E-state index in [0.717, 1.165) is 0 Å². The Labute approximate surface area is 124 Å². The van der Waals surface area contributed by atoms with E-state index in [9.17, 15) is 24.6 Å². The predicted octanol–water partition coefficient (Wildman–Crippen LogP) is -0.0181. The van der Waals surface area contributed by atoms with Crippen molar-refractivity contribution < 1.29 is 10.2 Å². The van der Waals surface area contributed by atoms with Crippen molar-refractivity contribution in [3.8, 4) is 11.5 Å². The topological polar surface area (TPSA) is 128 Å². The number of H-pyrrole nitrogens is 2. The largest absolute Gasteiger partial charge is 0.508 e. The normalized spacial score (nSPS) is 11.6. The van der Waals surface area contributed by atoms with Gasteiger partial charge in [0.2, 0.25) is 0 Å². The van der Waals surface area contributed by atoms with Crippen LogP contribution >= 0.6 is 0 Å². The highest BCUT2D eigenvalue weighted by Crippen LogP contribution is 2.35. The fourth-order valence-electron chi connectivity index (χ4n) is 2.11. The van der Waals surface area contributed by atoms with E-state index in [-0.39, 0.29) is 29.0 Å². The van der Waals surface area contributed by atoms with Crippen LogP contribution in [0, 0.1) is 0 Å². The minimum atomic E-state index is -0.901. The molecule has 0 spiro atoms. The molecule has 2 aromatic rings. The van der Waals surface area contributed by atoms with Crippen LogP contribution in [0.3, 0.4) is 0 Å². The molecule has 0 atom stereocenters. The number of benzene rings is 1. The second kappa shape index (κ2) is 5.21. The molecule has 1 heterocycles. The van der Waals surface area contributed by atoms with Gasteiger partial charge in [-0.1, -0.05) is 20.8 Å². The fourth-order valence-corrected chi connectivity index (χ4v) is 2.11. The zero-order chi connectivity index (χ0) is 16.7. The highest BCUT2D eigenvalue weighted by Gasteiger charge is 2.20. The predicted molar refractivity (Wildman–Crippen MR) is 79.5 cm³/mol. The molecule has 4 N–H and O–H groups in total. The quantitative estimate of drug-likeness (QED) is 0.580. The average Bonchev–Trinajstić information content (AvgIpc) is 2.35. The second-order valence-electron chi connectivity index (χ2n) is 6.02. The van der Waals surface area contributed by atoms with Gasteiger partial charge in [0.05, 0.1) is 6.54 Å². The first-order valence-electron chi connectivity index (χ1n) is 6.58. The van der Waals surface area contributed by atoms with Crippen molar-refractivity contribution in [1.82, 2.24) is 14.5 Å². The summed E-state index contributed by atoms with van der Waals surface area (Å²) in [5.74, 6) is -0.200. The van der Waals surface area contributed by atoms with Gasteiger partial charge in [-0.15, -0.1) is 0 Å². The van der Waals surface area contributed by atoms with E-state index < -0.39 is 17.1 Å². The lowest BCUT2D eigenvalue weighted by molar-refractivity contribution is 0.429. The summed E-state index contributed by atoms with van der Waals surface area (Å²) in [6.07, 6.45) is 0. The lowest BCUT2D eigenvalue weighted by Crippen LogP contribution is -2.43. The van der Waals surface area contributed by atoms with Crippen molar-refractivity contribution in [2.45, 2.75) is 32.7 Å². The Balaban J connectivity index is 2.53. The van der Waals surface area contributed by atoms with Crippen LogP contribution in [0.4, 0.5) is 0 Å². The number of nitrogens with one attached hydrogen (secondary N) is 2. The van der Waals surface area contributed by atoms with Crippen molar-refractivity contribution in [1.29, 1.82) is 0 Å². The highest BCUT2D eigenvalue weighted by molar-refractivity contribution is 5.48. The number of hydrogen-bond acceptors (Lipinski definition) is 5. The number of rotatable bonds is 2. The minimum absolute atomic E-state index is 0.0470. The van der Waals surface area contributed by atoms with Gasteiger partial charge in [-0.2, -0.15) is 0 Å². The first-order valence-corrected chi connectivity index (χ1v) is 6.58. The Kier molecular flexibility index (Phi) is 3.70. The number of phenols is 2. The summed E-state index contributed by atoms with van der Waals surface area (Å²) in [7, 11) is 0. The number of aromatic nitrogens is 3. The zero-order valence-corrected chi connectivity index (χ0v) is 12.4. The Morgan fingerprint density at radius 3 is 2.05 bits per heavy atom. The van der Waals surface area contributed by atoms with Gasteiger partial charge in [0.15, 0.2) is 0 Å². The molecular formula is C14H17N3O5. The van der Waals surface area contributed by atoms with E-state index in [0.29, 0.717) is 10.1 Å². The molecule has 8 heteroatoms. The molecule has 2 rings (SSSR count). The van der Waals surface area contributed by atoms with Crippen molar-refractivity contribution in [3.05, 3.63) is 54.7 Å². The van der Waals surface area contributed by atoms with Crippen LogP contribution in [0.5, 0.6) is 11.5 Å². The third-order valence-electron chi connectivity index (χ3n) is 3.26. The summed E-state index contributed by atoms with van der Waals surface area (Å²) >= 11 is 0. The Bertz CT molecular complexity index is 849. The monoisotopic (exact) mass is 307 g/mol. The van der Waals surface area contributed by atoms with Crippen molar-refractivity contribution >= 4 is 0 Å². The molecule has 0 bridgehead atoms. The molecule has 0 aliphatic rings. The van der Waals surface area contributed by atoms with Crippen LogP contribution in [-0.4, -0.2) is 24.7 Å². The van der Waals surface area contributed by atoms with Gasteiger partial charge in [-0.3, -0.25) is 9.97 Å². The molecular weight excluding hydrogens is 290 g/mol. The lowest BCUT2D eigenvalue weighted by atomic mass is 9.85. The molecule has 22 heavy (non-hydrogen) atoms. The number of aromatic hydroxyl groups is 2. The van der Waals surface area contributed by atoms with Crippen molar-refractivity contribution in [2.24, 2.45) is 0 Å². The standard InChI is InChI=1S/C14H17N3O5/c1-14(2,3)8-5-9(18)7(4-10(8)19)6-17-12(21)15-11(20)16-13(17)22/h4-5,18-19H,6H2,1-3H3,(H2,15,16,20,21,22). The average molecular weight is 307 g/mol. The summed E-state index contributed by atoms with van der Waals surface area (Å²) in [6.45, 7) is 5.34. The van der Waals surface area contributed by atoms with Crippen LogP contribution in [0.15, 0.2) is 26.5 Å².